The van der Waals surface area contributed by atoms with Gasteiger partial charge in [0.25, 0.3) is 0 Å². The number of aryl methyl sites for hydroxylation is 1. The van der Waals surface area contributed by atoms with Crippen molar-refractivity contribution in [3.05, 3.63) is 53.3 Å². The van der Waals surface area contributed by atoms with Gasteiger partial charge in [0, 0.05) is 77.9 Å². The zero-order chi connectivity index (χ0) is 21.5. The topological polar surface area (TPSA) is 56.1 Å². The minimum Gasteiger partial charge on any atom is -0.368 e. The molecule has 1 aromatic carbocycles. The molecule has 0 radical (unpaired) electrons. The van der Waals surface area contributed by atoms with E-state index >= 15 is 0 Å². The first-order valence-electron chi connectivity index (χ1n) is 10.3. The van der Waals surface area contributed by atoms with Gasteiger partial charge in [-0.05, 0) is 18.2 Å². The number of nitrogens with one attached hydrogen (secondary N) is 1. The van der Waals surface area contributed by atoms with Crippen LogP contribution < -0.4 is 10.2 Å². The zero-order valence-electron chi connectivity index (χ0n) is 18.0. The number of amides is 1. The van der Waals surface area contributed by atoms with Crippen molar-refractivity contribution in [2.75, 3.05) is 51.7 Å². The molecule has 8 heteroatoms. The maximum absolute atomic E-state index is 12.6. The van der Waals surface area contributed by atoms with E-state index in [0.29, 0.717) is 19.5 Å². The summed E-state index contributed by atoms with van der Waals surface area (Å²) in [6.45, 7) is 4.49. The molecule has 30 heavy (non-hydrogen) atoms. The second-order valence-electron chi connectivity index (χ2n) is 7.54. The summed E-state index contributed by atoms with van der Waals surface area (Å²) in [7, 11) is 5.70. The molecule has 1 aliphatic rings. The van der Waals surface area contributed by atoms with E-state index in [2.05, 4.69) is 39.5 Å². The fourth-order valence-electron chi connectivity index (χ4n) is 3.72. The lowest BCUT2D eigenvalue weighted by Gasteiger charge is -2.36. The van der Waals surface area contributed by atoms with Crippen molar-refractivity contribution in [3.8, 4) is 0 Å². The van der Waals surface area contributed by atoms with Crippen molar-refractivity contribution >= 4 is 29.2 Å². The molecule has 1 aromatic heterocycles. The Hall–Kier alpha value is -2.67. The van der Waals surface area contributed by atoms with Gasteiger partial charge in [-0.15, -0.1) is 0 Å². The first kappa shape index (κ1) is 22.0. The maximum Gasteiger partial charge on any atom is 0.224 e. The summed E-state index contributed by atoms with van der Waals surface area (Å²) in [6.07, 6.45) is 2.34. The smallest absolute Gasteiger partial charge is 0.224 e. The van der Waals surface area contributed by atoms with Gasteiger partial charge in [0.05, 0.1) is 11.6 Å². The van der Waals surface area contributed by atoms with Crippen LogP contribution in [0.5, 0.6) is 0 Å². The lowest BCUT2D eigenvalue weighted by Crippen LogP contribution is -2.49. The van der Waals surface area contributed by atoms with E-state index < -0.39 is 0 Å². The summed E-state index contributed by atoms with van der Waals surface area (Å²) in [5, 5.41) is 4.02. The average molecular weight is 431 g/mol. The van der Waals surface area contributed by atoms with Crippen molar-refractivity contribution in [1.82, 2.24) is 19.7 Å². The highest BCUT2D eigenvalue weighted by atomic mass is 35.5. The molecule has 2 heterocycles. The average Bonchev–Trinajstić information content (AvgIpc) is 3.08. The van der Waals surface area contributed by atoms with E-state index in [9.17, 15) is 4.79 Å². The highest BCUT2D eigenvalue weighted by Crippen LogP contribution is 2.16. The van der Waals surface area contributed by atoms with E-state index in [-0.39, 0.29) is 5.91 Å². The van der Waals surface area contributed by atoms with Crippen LogP contribution in [0.2, 0.25) is 5.02 Å². The molecule has 162 valence electrons. The number of aliphatic imine (C=N–C) groups is 1. The number of guanidine groups is 1. The van der Waals surface area contributed by atoms with Crippen LogP contribution in [-0.4, -0.2) is 73.1 Å². The Bertz CT molecular complexity index is 858. The van der Waals surface area contributed by atoms with E-state index in [0.717, 1.165) is 42.9 Å². The third kappa shape index (κ3) is 5.69. The van der Waals surface area contributed by atoms with E-state index in [4.69, 9.17) is 11.6 Å². The molecule has 1 fully saturated rings. The summed E-state index contributed by atoms with van der Waals surface area (Å²) in [6, 6.07) is 12.3. The Morgan fingerprint density at radius 3 is 2.50 bits per heavy atom. The standard InChI is InChI=1S/C22H31ClN6O/c1-24-22(27(3)17-20-15-18(23)16-26(20)2)25-10-9-21(30)29-13-11-28(12-14-29)19-7-5-4-6-8-19/h4-8,15-16H,9-14,17H2,1-3H3,(H,24,25). The van der Waals surface area contributed by atoms with Crippen molar-refractivity contribution in [2.45, 2.75) is 13.0 Å². The number of hydrogen-bond acceptors (Lipinski definition) is 3. The highest BCUT2D eigenvalue weighted by molar-refractivity contribution is 6.30. The number of carbonyl (C=O) groups is 1. The number of hydrogen-bond donors (Lipinski definition) is 1. The summed E-state index contributed by atoms with van der Waals surface area (Å²) >= 11 is 6.07. The SMILES string of the molecule is CN=C(NCCC(=O)N1CCN(c2ccccc2)CC1)N(C)Cc1cc(Cl)cn1C. The first-order valence-corrected chi connectivity index (χ1v) is 10.7. The van der Waals surface area contributed by atoms with E-state index in [1.807, 2.05) is 46.8 Å². The second kappa shape index (κ2) is 10.4. The van der Waals surface area contributed by atoms with Crippen LogP contribution in [0.1, 0.15) is 12.1 Å². The molecule has 0 saturated carbocycles. The number of para-hydroxylation sites is 1. The predicted molar refractivity (Wildman–Crippen MR) is 123 cm³/mol. The third-order valence-corrected chi connectivity index (χ3v) is 5.63. The number of halogens is 1. The molecule has 0 unspecified atom stereocenters. The van der Waals surface area contributed by atoms with Gasteiger partial charge in [0.15, 0.2) is 5.96 Å². The minimum atomic E-state index is 0.183. The summed E-state index contributed by atoms with van der Waals surface area (Å²) in [5.41, 5.74) is 2.32. The molecule has 0 spiro atoms. The van der Waals surface area contributed by atoms with Gasteiger partial charge in [-0.1, -0.05) is 29.8 Å². The summed E-state index contributed by atoms with van der Waals surface area (Å²) in [5.74, 6) is 0.941. The molecule has 1 saturated heterocycles. The number of anilines is 1. The van der Waals surface area contributed by atoms with Crippen LogP contribution >= 0.6 is 11.6 Å². The Kier molecular flexibility index (Phi) is 7.63. The number of carbonyl (C=O) groups excluding carboxylic acids is 1. The molecule has 1 N–H and O–H groups in total. The fraction of sp³-hybridized carbons (Fsp3) is 0.455. The Balaban J connectivity index is 1.41. The number of aromatic nitrogens is 1. The van der Waals surface area contributed by atoms with Crippen molar-refractivity contribution in [1.29, 1.82) is 0 Å². The predicted octanol–water partition coefficient (Wildman–Crippen LogP) is 2.42. The second-order valence-corrected chi connectivity index (χ2v) is 7.98. The van der Waals surface area contributed by atoms with E-state index in [1.165, 1.54) is 5.69 Å². The Morgan fingerprint density at radius 2 is 1.90 bits per heavy atom. The number of nitrogens with zero attached hydrogens (tertiary/aromatic N) is 5. The van der Waals surface area contributed by atoms with Crippen LogP contribution in [0, 0.1) is 0 Å². The number of piperazine rings is 1. The van der Waals surface area contributed by atoms with Gasteiger partial charge in [-0.25, -0.2) is 0 Å². The number of benzene rings is 1. The maximum atomic E-state index is 12.6. The van der Waals surface area contributed by atoms with Gasteiger partial charge >= 0.3 is 0 Å². The molecule has 0 atom stereocenters. The monoisotopic (exact) mass is 430 g/mol. The van der Waals surface area contributed by atoms with Crippen molar-refractivity contribution < 1.29 is 4.79 Å². The Labute approximate surface area is 183 Å². The Morgan fingerprint density at radius 1 is 1.20 bits per heavy atom. The molecule has 7 nitrogen and oxygen atoms in total. The largest absolute Gasteiger partial charge is 0.368 e. The van der Waals surface area contributed by atoms with E-state index in [1.54, 1.807) is 7.05 Å². The molecule has 1 aliphatic heterocycles. The molecular weight excluding hydrogens is 400 g/mol. The van der Waals surface area contributed by atoms with Gasteiger partial charge < -0.3 is 24.6 Å². The van der Waals surface area contributed by atoms with Crippen molar-refractivity contribution in [3.63, 3.8) is 0 Å². The lowest BCUT2D eigenvalue weighted by atomic mass is 10.2. The molecular formula is C22H31ClN6O. The molecule has 0 aliphatic carbocycles. The van der Waals surface area contributed by atoms with Crippen LogP contribution in [-0.2, 0) is 18.4 Å². The molecule has 3 rings (SSSR count). The number of rotatable bonds is 6. The first-order chi connectivity index (χ1) is 14.5. The van der Waals surface area contributed by atoms with Crippen molar-refractivity contribution in [2.24, 2.45) is 12.0 Å². The van der Waals surface area contributed by atoms with Gasteiger partial charge in [-0.3, -0.25) is 9.79 Å². The van der Waals surface area contributed by atoms with Gasteiger partial charge in [0.1, 0.15) is 0 Å². The van der Waals surface area contributed by atoms with Gasteiger partial charge in [-0.2, -0.15) is 0 Å². The quantitative estimate of drug-likeness (QED) is 0.565. The normalized spacial score (nSPS) is 14.7. The fourth-order valence-corrected chi connectivity index (χ4v) is 3.99. The summed E-state index contributed by atoms with van der Waals surface area (Å²) < 4.78 is 2.00. The zero-order valence-corrected chi connectivity index (χ0v) is 18.8. The van der Waals surface area contributed by atoms with Gasteiger partial charge in [0.2, 0.25) is 5.91 Å². The minimum absolute atomic E-state index is 0.183. The molecule has 2 aromatic rings. The van der Waals surface area contributed by atoms with Crippen LogP contribution in [0.25, 0.3) is 0 Å². The summed E-state index contributed by atoms with van der Waals surface area (Å²) in [4.78, 5) is 23.3. The van der Waals surface area contributed by atoms with Crippen LogP contribution in [0.15, 0.2) is 47.6 Å². The third-order valence-electron chi connectivity index (χ3n) is 5.42. The lowest BCUT2D eigenvalue weighted by molar-refractivity contribution is -0.131. The van der Waals surface area contributed by atoms with Crippen LogP contribution in [0.4, 0.5) is 5.69 Å². The molecule has 0 bridgehead atoms. The molecule has 1 amide bonds. The highest BCUT2D eigenvalue weighted by Gasteiger charge is 2.21. The van der Waals surface area contributed by atoms with Crippen LogP contribution in [0.3, 0.4) is 0 Å².